The Balaban J connectivity index is 1.31. The number of nitrogens with zero attached hydrogens (tertiary/aromatic N) is 3. The fourth-order valence-electron chi connectivity index (χ4n) is 5.17. The molecule has 216 valence electrons. The van der Waals surface area contributed by atoms with Crippen LogP contribution < -0.4 is 16.0 Å². The predicted octanol–water partition coefficient (Wildman–Crippen LogP) is 4.72. The van der Waals surface area contributed by atoms with Crippen LogP contribution in [0.15, 0.2) is 30.5 Å². The normalized spacial score (nSPS) is 22.1. The summed E-state index contributed by atoms with van der Waals surface area (Å²) in [5.41, 5.74) is 1.09. The van der Waals surface area contributed by atoms with Crippen molar-refractivity contribution in [1.82, 2.24) is 15.3 Å². The first-order valence-corrected chi connectivity index (χ1v) is 14.4. The smallest absolute Gasteiger partial charge is 0.332 e. The van der Waals surface area contributed by atoms with E-state index < -0.39 is 17.5 Å². The zero-order valence-electron chi connectivity index (χ0n) is 23.2. The Morgan fingerprint density at radius 3 is 2.65 bits per heavy atom. The highest BCUT2D eigenvalue weighted by Gasteiger charge is 2.32. The molecule has 2 aromatic heterocycles. The van der Waals surface area contributed by atoms with Gasteiger partial charge in [0.2, 0.25) is 0 Å². The second-order valence-electron chi connectivity index (χ2n) is 10.9. The van der Waals surface area contributed by atoms with Crippen LogP contribution in [0.5, 0.6) is 0 Å². The van der Waals surface area contributed by atoms with E-state index in [1.165, 1.54) is 0 Å². The lowest BCUT2D eigenvalue weighted by molar-refractivity contribution is -0.149. The van der Waals surface area contributed by atoms with E-state index in [0.29, 0.717) is 62.1 Å². The molecule has 0 spiro atoms. The zero-order valence-corrected chi connectivity index (χ0v) is 23.9. The SMILES string of the molecule is C[C@@H](CO[C@H](C)C(=O)O)N[C@H]1CC[C@H](Nc2cc(-c3cccc(NCC4(C#N)CCOCC4)n3)c(Cl)cn2)CC1. The Morgan fingerprint density at radius 2 is 1.95 bits per heavy atom. The van der Waals surface area contributed by atoms with Crippen LogP contribution in [0, 0.1) is 16.7 Å². The summed E-state index contributed by atoms with van der Waals surface area (Å²) in [6.07, 6.45) is 6.24. The second-order valence-corrected chi connectivity index (χ2v) is 11.3. The fourth-order valence-corrected chi connectivity index (χ4v) is 5.37. The second kappa shape index (κ2) is 14.1. The van der Waals surface area contributed by atoms with Gasteiger partial charge in [-0.05, 0) is 70.6 Å². The molecule has 2 atom stereocenters. The van der Waals surface area contributed by atoms with Gasteiger partial charge in [-0.2, -0.15) is 5.26 Å². The summed E-state index contributed by atoms with van der Waals surface area (Å²) in [4.78, 5) is 20.2. The Hall–Kier alpha value is -2.97. The summed E-state index contributed by atoms with van der Waals surface area (Å²) in [6, 6.07) is 10.9. The maximum Gasteiger partial charge on any atom is 0.332 e. The third kappa shape index (κ3) is 8.27. The lowest BCUT2D eigenvalue weighted by atomic mass is 9.82. The summed E-state index contributed by atoms with van der Waals surface area (Å²) in [5.74, 6) is 0.506. The molecule has 0 unspecified atom stereocenters. The molecule has 4 rings (SSSR count). The number of carboxylic acids is 1. The van der Waals surface area contributed by atoms with Crippen molar-refractivity contribution in [2.75, 3.05) is 37.0 Å². The number of halogens is 1. The van der Waals surface area contributed by atoms with E-state index in [1.54, 1.807) is 13.1 Å². The van der Waals surface area contributed by atoms with Gasteiger partial charge < -0.3 is 30.5 Å². The van der Waals surface area contributed by atoms with Crippen molar-refractivity contribution in [2.45, 2.75) is 76.6 Å². The van der Waals surface area contributed by atoms with Crippen LogP contribution in [0.2, 0.25) is 5.02 Å². The lowest BCUT2D eigenvalue weighted by Gasteiger charge is -2.32. The first kappa shape index (κ1) is 30.0. The molecule has 3 heterocycles. The molecule has 2 aromatic rings. The van der Waals surface area contributed by atoms with Crippen LogP contribution in [0.4, 0.5) is 11.6 Å². The molecule has 40 heavy (non-hydrogen) atoms. The number of pyridine rings is 2. The molecule has 1 aliphatic heterocycles. The van der Waals surface area contributed by atoms with E-state index in [0.717, 1.165) is 42.8 Å². The minimum absolute atomic E-state index is 0.0803. The molecule has 4 N–H and O–H groups in total. The molecule has 1 aliphatic carbocycles. The summed E-state index contributed by atoms with van der Waals surface area (Å²) in [7, 11) is 0. The Morgan fingerprint density at radius 1 is 1.23 bits per heavy atom. The average molecular weight is 571 g/mol. The molecule has 0 bridgehead atoms. The summed E-state index contributed by atoms with van der Waals surface area (Å²) in [5, 5.41) is 29.7. The van der Waals surface area contributed by atoms with Crippen LogP contribution in [-0.2, 0) is 14.3 Å². The van der Waals surface area contributed by atoms with Crippen LogP contribution >= 0.6 is 11.6 Å². The molecular weight excluding hydrogens is 532 g/mol. The van der Waals surface area contributed by atoms with Gasteiger partial charge in [0.25, 0.3) is 0 Å². The van der Waals surface area contributed by atoms with Gasteiger partial charge in [-0.1, -0.05) is 17.7 Å². The maximum atomic E-state index is 10.9. The first-order valence-electron chi connectivity index (χ1n) is 14.0. The summed E-state index contributed by atoms with van der Waals surface area (Å²) in [6.45, 7) is 5.65. The van der Waals surface area contributed by atoms with Crippen molar-refractivity contribution in [3.8, 4) is 17.3 Å². The van der Waals surface area contributed by atoms with Gasteiger partial charge in [-0.3, -0.25) is 0 Å². The summed E-state index contributed by atoms with van der Waals surface area (Å²) < 4.78 is 10.8. The number of aliphatic carboxylic acids is 1. The third-order valence-electron chi connectivity index (χ3n) is 7.72. The number of carboxylic acid groups (broad SMARTS) is 1. The van der Waals surface area contributed by atoms with E-state index in [4.69, 9.17) is 31.2 Å². The number of nitriles is 1. The minimum Gasteiger partial charge on any atom is -0.479 e. The van der Waals surface area contributed by atoms with E-state index in [9.17, 15) is 10.1 Å². The number of anilines is 2. The molecule has 1 saturated carbocycles. The molecule has 1 saturated heterocycles. The molecule has 0 aromatic carbocycles. The Kier molecular flexibility index (Phi) is 10.6. The molecule has 0 amide bonds. The Bertz CT molecular complexity index is 1180. The third-order valence-corrected chi connectivity index (χ3v) is 8.02. The van der Waals surface area contributed by atoms with Crippen LogP contribution in [0.1, 0.15) is 52.4 Å². The van der Waals surface area contributed by atoms with Crippen molar-refractivity contribution in [3.05, 3.63) is 35.5 Å². The van der Waals surface area contributed by atoms with Crippen molar-refractivity contribution in [3.63, 3.8) is 0 Å². The number of hydrogen-bond donors (Lipinski definition) is 4. The van der Waals surface area contributed by atoms with Crippen molar-refractivity contribution in [1.29, 1.82) is 5.26 Å². The van der Waals surface area contributed by atoms with Gasteiger partial charge in [0.1, 0.15) is 11.6 Å². The first-order chi connectivity index (χ1) is 19.3. The lowest BCUT2D eigenvalue weighted by Crippen LogP contribution is -2.43. The Labute approximate surface area is 240 Å². The van der Waals surface area contributed by atoms with Gasteiger partial charge in [0.05, 0.1) is 28.8 Å². The topological polar surface area (TPSA) is 141 Å². The van der Waals surface area contributed by atoms with Gasteiger partial charge in [0, 0.05) is 49.6 Å². The predicted molar refractivity (Wildman–Crippen MR) is 154 cm³/mol. The van der Waals surface area contributed by atoms with Gasteiger partial charge in [-0.25, -0.2) is 14.8 Å². The molecule has 10 nitrogen and oxygen atoms in total. The van der Waals surface area contributed by atoms with E-state index in [2.05, 4.69) is 27.0 Å². The fraction of sp³-hybridized carbons (Fsp3) is 0.586. The van der Waals surface area contributed by atoms with Gasteiger partial charge in [-0.15, -0.1) is 0 Å². The van der Waals surface area contributed by atoms with E-state index >= 15 is 0 Å². The van der Waals surface area contributed by atoms with Crippen molar-refractivity contribution >= 4 is 29.2 Å². The van der Waals surface area contributed by atoms with Crippen LogP contribution in [0.3, 0.4) is 0 Å². The quantitative estimate of drug-likeness (QED) is 0.283. The average Bonchev–Trinajstić information content (AvgIpc) is 2.97. The highest BCUT2D eigenvalue weighted by atomic mass is 35.5. The number of carbonyl (C=O) groups is 1. The van der Waals surface area contributed by atoms with Crippen molar-refractivity contribution in [2.24, 2.45) is 5.41 Å². The van der Waals surface area contributed by atoms with E-state index in [1.807, 2.05) is 31.2 Å². The van der Waals surface area contributed by atoms with Crippen LogP contribution in [-0.4, -0.2) is 71.6 Å². The number of rotatable bonds is 12. The highest BCUT2D eigenvalue weighted by Crippen LogP contribution is 2.32. The molecular formula is C29H39ClN6O4. The molecule has 2 fully saturated rings. The number of hydrogen-bond acceptors (Lipinski definition) is 9. The monoisotopic (exact) mass is 570 g/mol. The highest BCUT2D eigenvalue weighted by molar-refractivity contribution is 6.33. The van der Waals surface area contributed by atoms with E-state index in [-0.39, 0.29) is 6.04 Å². The molecule has 11 heteroatoms. The maximum absolute atomic E-state index is 10.9. The minimum atomic E-state index is -0.947. The van der Waals surface area contributed by atoms with Gasteiger partial charge >= 0.3 is 5.97 Å². The largest absolute Gasteiger partial charge is 0.479 e. The number of aromatic nitrogens is 2. The standard InChI is InChI=1S/C29H39ClN6O4/c1-19(16-40-20(2)28(37)38)34-21-6-8-22(9-7-21)35-27-14-23(24(30)15-32-27)25-4-3-5-26(36-25)33-18-29(17-31)10-12-39-13-11-29/h3-5,14-15,19-22,34H,6-13,16,18H2,1-2H3,(H,32,35)(H,33,36)(H,37,38)/t19-,20+,21-,22-/m0/s1. The van der Waals surface area contributed by atoms with Crippen molar-refractivity contribution < 1.29 is 19.4 Å². The van der Waals surface area contributed by atoms with Gasteiger partial charge in [0.15, 0.2) is 6.10 Å². The zero-order chi connectivity index (χ0) is 28.5. The van der Waals surface area contributed by atoms with Crippen LogP contribution in [0.25, 0.3) is 11.3 Å². The molecule has 2 aliphatic rings. The number of nitrogens with one attached hydrogen (secondary N) is 3. The molecule has 0 radical (unpaired) electrons. The number of ether oxygens (including phenoxy) is 2. The summed E-state index contributed by atoms with van der Waals surface area (Å²) >= 11 is 6.54.